The molecule has 0 bridgehead atoms. The summed E-state index contributed by atoms with van der Waals surface area (Å²) in [5.74, 6) is -0.946. The van der Waals surface area contributed by atoms with Gasteiger partial charge in [0.1, 0.15) is 0 Å². The average Bonchev–Trinajstić information content (AvgIpc) is 2.78. The van der Waals surface area contributed by atoms with E-state index >= 15 is 0 Å². The molecular formula is C11H9BrN2O2S. The highest BCUT2D eigenvalue weighted by Crippen LogP contribution is 2.22. The minimum Gasteiger partial charge on any atom is -0.478 e. The molecule has 1 aromatic carbocycles. The Hall–Kier alpha value is -1.40. The molecule has 0 amide bonds. The minimum atomic E-state index is -0.946. The van der Waals surface area contributed by atoms with E-state index in [1.807, 2.05) is 5.38 Å². The highest BCUT2D eigenvalue weighted by atomic mass is 79.9. The zero-order chi connectivity index (χ0) is 12.3. The second-order valence-corrected chi connectivity index (χ2v) is 4.96. The van der Waals surface area contributed by atoms with Gasteiger partial charge in [-0.25, -0.2) is 9.78 Å². The van der Waals surface area contributed by atoms with Gasteiger partial charge in [-0.1, -0.05) is 15.9 Å². The Morgan fingerprint density at radius 2 is 2.35 bits per heavy atom. The lowest BCUT2D eigenvalue weighted by Crippen LogP contribution is -2.06. The summed E-state index contributed by atoms with van der Waals surface area (Å²) in [5.41, 5.74) is 3.48. The molecule has 2 N–H and O–H groups in total. The maximum Gasteiger partial charge on any atom is 0.337 e. The van der Waals surface area contributed by atoms with Crippen molar-refractivity contribution >= 4 is 38.9 Å². The standard InChI is InChI=1S/C11H9BrN2O2S/c12-7-1-2-9(11(15)16)10(3-7)13-4-8-5-17-6-14-8/h1-3,5-6,13H,4H2,(H,15,16). The van der Waals surface area contributed by atoms with Crippen molar-refractivity contribution < 1.29 is 9.90 Å². The maximum atomic E-state index is 11.0. The second-order valence-electron chi connectivity index (χ2n) is 3.33. The molecule has 17 heavy (non-hydrogen) atoms. The molecule has 0 aliphatic heterocycles. The molecule has 2 rings (SSSR count). The lowest BCUT2D eigenvalue weighted by atomic mass is 10.2. The van der Waals surface area contributed by atoms with Crippen LogP contribution in [-0.2, 0) is 6.54 Å². The number of nitrogens with zero attached hydrogens (tertiary/aromatic N) is 1. The topological polar surface area (TPSA) is 62.2 Å². The van der Waals surface area contributed by atoms with Crippen molar-refractivity contribution in [3.05, 3.63) is 44.8 Å². The summed E-state index contributed by atoms with van der Waals surface area (Å²) in [7, 11) is 0. The maximum absolute atomic E-state index is 11.0. The van der Waals surface area contributed by atoms with Crippen molar-refractivity contribution in [2.45, 2.75) is 6.54 Å². The molecule has 88 valence electrons. The van der Waals surface area contributed by atoms with Crippen LogP contribution in [0.2, 0.25) is 0 Å². The molecular weight excluding hydrogens is 304 g/mol. The molecule has 0 aliphatic rings. The first-order chi connectivity index (χ1) is 8.16. The van der Waals surface area contributed by atoms with E-state index in [-0.39, 0.29) is 5.56 Å². The Morgan fingerprint density at radius 3 is 3.00 bits per heavy atom. The zero-order valence-corrected chi connectivity index (χ0v) is 11.1. The van der Waals surface area contributed by atoms with Gasteiger partial charge in [-0.2, -0.15) is 0 Å². The third kappa shape index (κ3) is 3.04. The molecule has 6 heteroatoms. The molecule has 0 aliphatic carbocycles. The Bertz CT molecular complexity index is 528. The summed E-state index contributed by atoms with van der Waals surface area (Å²) < 4.78 is 0.836. The number of nitrogens with one attached hydrogen (secondary N) is 1. The van der Waals surface area contributed by atoms with Crippen LogP contribution >= 0.6 is 27.3 Å². The summed E-state index contributed by atoms with van der Waals surface area (Å²) >= 11 is 4.83. The Morgan fingerprint density at radius 1 is 1.53 bits per heavy atom. The van der Waals surface area contributed by atoms with E-state index in [4.69, 9.17) is 5.11 Å². The zero-order valence-electron chi connectivity index (χ0n) is 8.68. The van der Waals surface area contributed by atoms with Crippen molar-refractivity contribution in [3.8, 4) is 0 Å². The monoisotopic (exact) mass is 312 g/mol. The number of carboxylic acid groups (broad SMARTS) is 1. The summed E-state index contributed by atoms with van der Waals surface area (Å²) in [4.78, 5) is 15.2. The van der Waals surface area contributed by atoms with E-state index in [0.717, 1.165) is 10.2 Å². The van der Waals surface area contributed by atoms with Gasteiger partial charge in [0.15, 0.2) is 0 Å². The molecule has 0 unspecified atom stereocenters. The van der Waals surface area contributed by atoms with Crippen LogP contribution in [0.25, 0.3) is 0 Å². The van der Waals surface area contributed by atoms with Crippen LogP contribution in [0.4, 0.5) is 5.69 Å². The summed E-state index contributed by atoms with van der Waals surface area (Å²) in [6.45, 7) is 0.514. The third-order valence-electron chi connectivity index (χ3n) is 2.16. The molecule has 0 saturated carbocycles. The lowest BCUT2D eigenvalue weighted by molar-refractivity contribution is 0.0698. The van der Waals surface area contributed by atoms with Crippen LogP contribution in [0.3, 0.4) is 0 Å². The molecule has 2 aromatic rings. The number of halogens is 1. The fraction of sp³-hybridized carbons (Fsp3) is 0.0909. The van der Waals surface area contributed by atoms with Crippen LogP contribution < -0.4 is 5.32 Å². The summed E-state index contributed by atoms with van der Waals surface area (Å²) in [6, 6.07) is 5.02. The number of aromatic nitrogens is 1. The van der Waals surface area contributed by atoms with Crippen molar-refractivity contribution in [1.82, 2.24) is 4.98 Å². The van der Waals surface area contributed by atoms with Gasteiger partial charge in [-0.15, -0.1) is 11.3 Å². The minimum absolute atomic E-state index is 0.253. The van der Waals surface area contributed by atoms with E-state index in [0.29, 0.717) is 12.2 Å². The number of benzene rings is 1. The van der Waals surface area contributed by atoms with Crippen LogP contribution in [0.5, 0.6) is 0 Å². The number of carbonyl (C=O) groups is 1. The molecule has 0 radical (unpaired) electrons. The van der Waals surface area contributed by atoms with Crippen molar-refractivity contribution in [2.75, 3.05) is 5.32 Å². The van der Waals surface area contributed by atoms with Gasteiger partial charge in [0.2, 0.25) is 0 Å². The van der Waals surface area contributed by atoms with E-state index in [1.165, 1.54) is 11.3 Å². The first-order valence-corrected chi connectivity index (χ1v) is 6.54. The van der Waals surface area contributed by atoms with E-state index < -0.39 is 5.97 Å². The van der Waals surface area contributed by atoms with Crippen LogP contribution in [0.15, 0.2) is 33.6 Å². The molecule has 0 saturated heterocycles. The van der Waals surface area contributed by atoms with Gasteiger partial charge in [0.05, 0.1) is 29.0 Å². The SMILES string of the molecule is O=C(O)c1ccc(Br)cc1NCc1cscn1. The van der Waals surface area contributed by atoms with E-state index in [9.17, 15) is 4.79 Å². The highest BCUT2D eigenvalue weighted by molar-refractivity contribution is 9.10. The van der Waals surface area contributed by atoms with Crippen LogP contribution in [0, 0.1) is 0 Å². The number of carboxylic acids is 1. The second kappa shape index (κ2) is 5.29. The van der Waals surface area contributed by atoms with Crippen molar-refractivity contribution in [2.24, 2.45) is 0 Å². The van der Waals surface area contributed by atoms with Gasteiger partial charge >= 0.3 is 5.97 Å². The molecule has 0 spiro atoms. The van der Waals surface area contributed by atoms with Crippen molar-refractivity contribution in [3.63, 3.8) is 0 Å². The molecule has 0 fully saturated rings. The molecule has 0 atom stereocenters. The Kier molecular flexibility index (Phi) is 3.75. The smallest absolute Gasteiger partial charge is 0.337 e. The molecule has 4 nitrogen and oxygen atoms in total. The lowest BCUT2D eigenvalue weighted by Gasteiger charge is -2.08. The summed E-state index contributed by atoms with van der Waals surface area (Å²) in [5, 5.41) is 14.0. The van der Waals surface area contributed by atoms with Gasteiger partial charge in [-0.05, 0) is 18.2 Å². The first kappa shape index (κ1) is 12.1. The van der Waals surface area contributed by atoms with Gasteiger partial charge in [0, 0.05) is 9.85 Å². The average molecular weight is 313 g/mol. The largest absolute Gasteiger partial charge is 0.478 e. The predicted octanol–water partition coefficient (Wildman–Crippen LogP) is 3.22. The van der Waals surface area contributed by atoms with Gasteiger partial charge in [-0.3, -0.25) is 0 Å². The quantitative estimate of drug-likeness (QED) is 0.910. The predicted molar refractivity (Wildman–Crippen MR) is 70.5 cm³/mol. The molecule has 1 aromatic heterocycles. The fourth-order valence-electron chi connectivity index (χ4n) is 1.36. The number of aromatic carboxylic acids is 1. The van der Waals surface area contributed by atoms with Gasteiger partial charge in [0.25, 0.3) is 0 Å². The normalized spacial score (nSPS) is 10.2. The van der Waals surface area contributed by atoms with Crippen molar-refractivity contribution in [1.29, 1.82) is 0 Å². The summed E-state index contributed by atoms with van der Waals surface area (Å²) in [6.07, 6.45) is 0. The molecule has 1 heterocycles. The van der Waals surface area contributed by atoms with Gasteiger partial charge < -0.3 is 10.4 Å². The van der Waals surface area contributed by atoms with E-state index in [1.54, 1.807) is 23.7 Å². The Labute approximate surface area is 110 Å². The Balaban J connectivity index is 2.19. The first-order valence-electron chi connectivity index (χ1n) is 4.80. The fourth-order valence-corrected chi connectivity index (χ4v) is 2.28. The number of rotatable bonds is 4. The van der Waals surface area contributed by atoms with Crippen LogP contribution in [0.1, 0.15) is 16.1 Å². The number of hydrogen-bond donors (Lipinski definition) is 2. The number of hydrogen-bond acceptors (Lipinski definition) is 4. The third-order valence-corrected chi connectivity index (χ3v) is 3.28. The number of anilines is 1. The van der Waals surface area contributed by atoms with E-state index in [2.05, 4.69) is 26.2 Å². The van der Waals surface area contributed by atoms with Crippen LogP contribution in [-0.4, -0.2) is 16.1 Å². The highest BCUT2D eigenvalue weighted by Gasteiger charge is 2.10. The number of thiazole rings is 1.